The van der Waals surface area contributed by atoms with E-state index in [4.69, 9.17) is 4.42 Å². The van der Waals surface area contributed by atoms with Gasteiger partial charge in [-0.1, -0.05) is 19.1 Å². The van der Waals surface area contributed by atoms with Gasteiger partial charge in [-0.25, -0.2) is 0 Å². The maximum absolute atomic E-state index is 12.8. The molecular weight excluding hydrogens is 372 g/mol. The number of anilines is 1. The molecule has 1 fully saturated rings. The molecule has 0 unspecified atom stereocenters. The van der Waals surface area contributed by atoms with Crippen LogP contribution in [0, 0.1) is 19.8 Å². The number of rotatable bonds is 6. The molecule has 1 aromatic heterocycles. The van der Waals surface area contributed by atoms with Gasteiger partial charge in [0.2, 0.25) is 11.8 Å². The van der Waals surface area contributed by atoms with Gasteiger partial charge in [-0.2, -0.15) is 0 Å². The molecule has 150 valence electrons. The normalized spacial score (nSPS) is 19.5. The number of aryl methyl sites for hydroxylation is 2. The Bertz CT molecular complexity index is 833. The quantitative estimate of drug-likeness (QED) is 0.772. The van der Waals surface area contributed by atoms with Crippen molar-refractivity contribution in [1.29, 1.82) is 0 Å². The number of furan rings is 1. The van der Waals surface area contributed by atoms with Gasteiger partial charge >= 0.3 is 0 Å². The largest absolute Gasteiger partial charge is 0.464 e. The van der Waals surface area contributed by atoms with Crippen LogP contribution in [0.3, 0.4) is 0 Å². The van der Waals surface area contributed by atoms with Crippen molar-refractivity contribution in [3.05, 3.63) is 53.5 Å². The van der Waals surface area contributed by atoms with Gasteiger partial charge in [-0.3, -0.25) is 9.59 Å². The van der Waals surface area contributed by atoms with Crippen LogP contribution in [0.4, 0.5) is 5.69 Å². The molecule has 0 aliphatic carbocycles. The van der Waals surface area contributed by atoms with Crippen LogP contribution in [-0.2, 0) is 9.59 Å². The Morgan fingerprint density at radius 2 is 2.04 bits per heavy atom. The van der Waals surface area contributed by atoms with Crippen molar-refractivity contribution < 1.29 is 14.0 Å². The first-order valence-corrected chi connectivity index (χ1v) is 10.9. The molecule has 6 heteroatoms. The maximum Gasteiger partial charge on any atom is 0.234 e. The summed E-state index contributed by atoms with van der Waals surface area (Å²) in [5.41, 5.74) is 1.88. The molecule has 3 rings (SSSR count). The molecule has 1 N–H and O–H groups in total. The second-order valence-corrected chi connectivity index (χ2v) is 8.58. The number of hydrogen-bond donors (Lipinski definition) is 1. The number of nitrogens with zero attached hydrogens (tertiary/aromatic N) is 1. The number of thioether (sulfide) groups is 1. The SMILES string of the molecule is Cc1cccc(NC(=O)CSCC(=O)N2CC[C@@H](C)C[C@@H]2c2ccc(C)o2)c1. The average Bonchev–Trinajstić information content (AvgIpc) is 3.08. The predicted octanol–water partition coefficient (Wildman–Crippen LogP) is 4.57. The van der Waals surface area contributed by atoms with Crippen LogP contribution >= 0.6 is 11.8 Å². The van der Waals surface area contributed by atoms with E-state index in [9.17, 15) is 9.59 Å². The van der Waals surface area contributed by atoms with Crippen LogP contribution in [0.1, 0.15) is 42.9 Å². The number of carbonyl (C=O) groups is 2. The molecule has 2 atom stereocenters. The number of piperidine rings is 1. The highest BCUT2D eigenvalue weighted by Crippen LogP contribution is 2.35. The van der Waals surface area contributed by atoms with E-state index in [-0.39, 0.29) is 23.6 Å². The highest BCUT2D eigenvalue weighted by molar-refractivity contribution is 8.00. The Hall–Kier alpha value is -2.21. The Morgan fingerprint density at radius 3 is 2.75 bits per heavy atom. The van der Waals surface area contributed by atoms with Crippen LogP contribution in [-0.4, -0.2) is 34.8 Å². The van der Waals surface area contributed by atoms with Gasteiger partial charge < -0.3 is 14.6 Å². The lowest BCUT2D eigenvalue weighted by molar-refractivity contribution is -0.133. The summed E-state index contributed by atoms with van der Waals surface area (Å²) < 4.78 is 5.81. The minimum atomic E-state index is -0.0890. The third-order valence-corrected chi connectivity index (χ3v) is 5.95. The fourth-order valence-electron chi connectivity index (χ4n) is 3.58. The van der Waals surface area contributed by atoms with Gasteiger partial charge in [0.05, 0.1) is 17.5 Å². The Morgan fingerprint density at radius 1 is 1.21 bits per heavy atom. The Kier molecular flexibility index (Phi) is 6.83. The van der Waals surface area contributed by atoms with E-state index in [2.05, 4.69) is 12.2 Å². The topological polar surface area (TPSA) is 62.6 Å². The Labute approximate surface area is 170 Å². The second-order valence-electron chi connectivity index (χ2n) is 7.59. The molecule has 2 amide bonds. The van der Waals surface area contributed by atoms with Gasteiger partial charge in [0.15, 0.2) is 0 Å². The standard InChI is InChI=1S/C22H28N2O3S/c1-15-5-4-6-18(11-15)23-21(25)13-28-14-22(26)24-10-9-16(2)12-19(24)20-8-7-17(3)27-20/h4-8,11,16,19H,9-10,12-14H2,1-3H3,(H,23,25)/t16-,19-/m1/s1. The molecule has 1 aliphatic heterocycles. The zero-order chi connectivity index (χ0) is 20.1. The Balaban J connectivity index is 1.52. The highest BCUT2D eigenvalue weighted by atomic mass is 32.2. The van der Waals surface area contributed by atoms with Gasteiger partial charge in [0.1, 0.15) is 11.5 Å². The van der Waals surface area contributed by atoms with E-state index in [0.29, 0.717) is 11.7 Å². The first kappa shape index (κ1) is 20.5. The van der Waals surface area contributed by atoms with Crippen molar-refractivity contribution in [3.63, 3.8) is 0 Å². The van der Waals surface area contributed by atoms with E-state index < -0.39 is 0 Å². The lowest BCUT2D eigenvalue weighted by Gasteiger charge is -2.37. The van der Waals surface area contributed by atoms with Crippen LogP contribution in [0.2, 0.25) is 0 Å². The summed E-state index contributed by atoms with van der Waals surface area (Å²) in [6, 6.07) is 11.6. The fourth-order valence-corrected chi connectivity index (χ4v) is 4.28. The first-order valence-electron chi connectivity index (χ1n) is 9.72. The number of benzene rings is 1. The van der Waals surface area contributed by atoms with E-state index in [0.717, 1.165) is 42.2 Å². The predicted molar refractivity (Wildman–Crippen MR) is 113 cm³/mol. The lowest BCUT2D eigenvalue weighted by Crippen LogP contribution is -2.41. The zero-order valence-corrected chi connectivity index (χ0v) is 17.6. The molecule has 28 heavy (non-hydrogen) atoms. The molecule has 1 aliphatic rings. The third-order valence-electron chi connectivity index (χ3n) is 5.04. The lowest BCUT2D eigenvalue weighted by atomic mass is 9.91. The second kappa shape index (κ2) is 9.32. The minimum Gasteiger partial charge on any atom is -0.464 e. The summed E-state index contributed by atoms with van der Waals surface area (Å²) in [6.45, 7) is 6.86. The summed E-state index contributed by atoms with van der Waals surface area (Å²) in [6.07, 6.45) is 1.91. The smallest absolute Gasteiger partial charge is 0.234 e. The van der Waals surface area contributed by atoms with Crippen molar-refractivity contribution in [2.75, 3.05) is 23.4 Å². The van der Waals surface area contributed by atoms with Gasteiger partial charge in [0, 0.05) is 12.2 Å². The van der Waals surface area contributed by atoms with Crippen LogP contribution < -0.4 is 5.32 Å². The number of carbonyl (C=O) groups excluding carboxylic acids is 2. The minimum absolute atomic E-state index is 0.00771. The van der Waals surface area contributed by atoms with Gasteiger partial charge in [-0.05, 0) is 62.4 Å². The van der Waals surface area contributed by atoms with E-state index in [1.807, 2.05) is 55.1 Å². The number of nitrogens with one attached hydrogen (secondary N) is 1. The molecule has 5 nitrogen and oxygen atoms in total. The summed E-state index contributed by atoms with van der Waals surface area (Å²) >= 11 is 1.36. The van der Waals surface area contributed by atoms with E-state index in [1.54, 1.807) is 0 Å². The van der Waals surface area contributed by atoms with Gasteiger partial charge in [-0.15, -0.1) is 11.8 Å². The summed E-state index contributed by atoms with van der Waals surface area (Å²) in [5, 5.41) is 2.88. The molecule has 1 aromatic carbocycles. The average molecular weight is 401 g/mol. The van der Waals surface area contributed by atoms with E-state index in [1.165, 1.54) is 11.8 Å². The molecular formula is C22H28N2O3S. The van der Waals surface area contributed by atoms with Crippen molar-refractivity contribution in [3.8, 4) is 0 Å². The summed E-state index contributed by atoms with van der Waals surface area (Å²) in [7, 11) is 0. The molecule has 0 radical (unpaired) electrons. The molecule has 2 aromatic rings. The summed E-state index contributed by atoms with van der Waals surface area (Å²) in [5.74, 6) is 2.82. The van der Waals surface area contributed by atoms with Crippen LogP contribution in [0.5, 0.6) is 0 Å². The van der Waals surface area contributed by atoms with Crippen LogP contribution in [0.25, 0.3) is 0 Å². The number of likely N-dealkylation sites (tertiary alicyclic amines) is 1. The number of amides is 2. The zero-order valence-electron chi connectivity index (χ0n) is 16.7. The van der Waals surface area contributed by atoms with Crippen LogP contribution in [0.15, 0.2) is 40.8 Å². The van der Waals surface area contributed by atoms with Crippen molar-refractivity contribution >= 4 is 29.3 Å². The fraction of sp³-hybridized carbons (Fsp3) is 0.455. The van der Waals surface area contributed by atoms with E-state index >= 15 is 0 Å². The molecule has 0 bridgehead atoms. The molecule has 1 saturated heterocycles. The van der Waals surface area contributed by atoms with Crippen molar-refractivity contribution in [1.82, 2.24) is 4.90 Å². The molecule has 0 saturated carbocycles. The first-order chi connectivity index (χ1) is 13.4. The molecule has 0 spiro atoms. The monoisotopic (exact) mass is 400 g/mol. The maximum atomic E-state index is 12.8. The number of hydrogen-bond acceptors (Lipinski definition) is 4. The van der Waals surface area contributed by atoms with Gasteiger partial charge in [0.25, 0.3) is 0 Å². The summed E-state index contributed by atoms with van der Waals surface area (Å²) in [4.78, 5) is 26.9. The highest BCUT2D eigenvalue weighted by Gasteiger charge is 2.32. The molecule has 2 heterocycles. The third kappa shape index (κ3) is 5.41. The van der Waals surface area contributed by atoms with Crippen molar-refractivity contribution in [2.45, 2.75) is 39.7 Å². The van der Waals surface area contributed by atoms with Crippen molar-refractivity contribution in [2.24, 2.45) is 5.92 Å².